The highest BCUT2D eigenvalue weighted by Gasteiger charge is 2.53. The van der Waals surface area contributed by atoms with Gasteiger partial charge in [-0.1, -0.05) is 58.0 Å². The van der Waals surface area contributed by atoms with Gasteiger partial charge in [0.15, 0.2) is 23.0 Å². The third-order valence-corrected chi connectivity index (χ3v) is 16.5. The number of carbonyl (C=O) groups excluding carboxylic acids is 4. The summed E-state index contributed by atoms with van der Waals surface area (Å²) in [4.78, 5) is 56.7. The zero-order valence-corrected chi connectivity index (χ0v) is 41.0. The van der Waals surface area contributed by atoms with E-state index in [1.165, 1.54) is 35.8 Å². The lowest BCUT2D eigenvalue weighted by molar-refractivity contribution is -0.116. The van der Waals surface area contributed by atoms with Crippen LogP contribution in [0.3, 0.4) is 0 Å². The van der Waals surface area contributed by atoms with Gasteiger partial charge in [-0.05, 0) is 90.4 Å². The molecule has 18 nitrogen and oxygen atoms in total. The summed E-state index contributed by atoms with van der Waals surface area (Å²) in [6, 6.07) is 26.3. The van der Waals surface area contributed by atoms with Gasteiger partial charge in [0.25, 0.3) is 17.7 Å². The fourth-order valence-electron chi connectivity index (χ4n) is 9.68. The second-order valence-corrected chi connectivity index (χ2v) is 21.6. The minimum atomic E-state index is -4.53. The minimum Gasteiger partial charge on any atom is -0.493 e. The zero-order chi connectivity index (χ0) is 49.6. The van der Waals surface area contributed by atoms with Crippen molar-refractivity contribution in [2.75, 3.05) is 58.0 Å². The number of methoxy groups -OCH3 is 2. The van der Waals surface area contributed by atoms with Crippen molar-refractivity contribution in [3.05, 3.63) is 124 Å². The molecule has 0 radical (unpaired) electrons. The lowest BCUT2D eigenvalue weighted by Gasteiger charge is -2.26. The summed E-state index contributed by atoms with van der Waals surface area (Å²) in [5, 5.41) is 20.9. The first-order chi connectivity index (χ1) is 34.3. The summed E-state index contributed by atoms with van der Waals surface area (Å²) in [5.41, 5.74) is 7.35. The third kappa shape index (κ3) is 9.75. The highest BCUT2D eigenvalue weighted by molar-refractivity contribution is 8.76. The minimum absolute atomic E-state index is 0.00177. The predicted molar refractivity (Wildman–Crippen MR) is 270 cm³/mol. The number of ether oxygens (including phenoxy) is 4. The quantitative estimate of drug-likeness (QED) is 0.0267. The fraction of sp³-hybridized carbons (Fsp3) is 0.320. The highest BCUT2D eigenvalue weighted by Crippen LogP contribution is 2.43. The van der Waals surface area contributed by atoms with Crippen LogP contribution in [-0.4, -0.2) is 103 Å². The molecule has 0 spiro atoms. The van der Waals surface area contributed by atoms with Crippen molar-refractivity contribution in [1.82, 2.24) is 4.31 Å². The molecular formula is C50H50N6O12S3. The van der Waals surface area contributed by atoms with E-state index in [2.05, 4.69) is 16.0 Å². The topological polar surface area (TPSA) is 225 Å². The number of nitrogens with zero attached hydrogens (tertiary/aromatic N) is 3. The molecule has 5 aliphatic heterocycles. The van der Waals surface area contributed by atoms with Crippen molar-refractivity contribution < 1.29 is 56.2 Å². The Morgan fingerprint density at radius 3 is 2.00 bits per heavy atom. The third-order valence-electron chi connectivity index (χ3n) is 13.1. The molecule has 370 valence electrons. The monoisotopic (exact) mass is 1020 g/mol. The molecule has 1 saturated heterocycles. The molecule has 0 bridgehead atoms. The number of anilines is 5. The van der Waals surface area contributed by atoms with Crippen molar-refractivity contribution in [2.45, 2.75) is 69.7 Å². The molecule has 5 N–H and O–H groups in total. The largest absolute Gasteiger partial charge is 0.493 e. The van der Waals surface area contributed by atoms with Gasteiger partial charge in [-0.15, -0.1) is 0 Å². The molecule has 1 fully saturated rings. The van der Waals surface area contributed by atoms with Crippen molar-refractivity contribution in [3.63, 3.8) is 0 Å². The molecule has 71 heavy (non-hydrogen) atoms. The van der Waals surface area contributed by atoms with E-state index in [9.17, 15) is 32.7 Å². The molecule has 3 unspecified atom stereocenters. The van der Waals surface area contributed by atoms with Gasteiger partial charge in [0, 0.05) is 53.7 Å². The first-order valence-electron chi connectivity index (χ1n) is 23.0. The van der Waals surface area contributed by atoms with Gasteiger partial charge in [-0.25, -0.2) is 4.31 Å². The summed E-state index contributed by atoms with van der Waals surface area (Å²) in [5.74, 6) is 1.22. The van der Waals surface area contributed by atoms with Crippen LogP contribution in [0.5, 0.6) is 23.0 Å². The van der Waals surface area contributed by atoms with Crippen LogP contribution >= 0.6 is 21.6 Å². The standard InChI is InChI=1S/C50H50N6O12S3/c1-65-42-21-34-36(51-25-33-19-30-8-3-5-10-38(30)54(33)48(34)59)23-44(42)67-26-28-16-29(18-32(17-28)52-46(57)12-7-14-69-70-15-13-40-50(61)56(40)71(62,63)64)27-68-45-24-37-35(22-43(45)66-2)49(60)55-39-11-6-4-9-31(39)20-41(55)47(58)53-37/h3-6,8-11,16-18,21-24,33,40-41,47,51,53,58H,7,12-15,19-20,25-27H2,1-2H3,(H,52,57)(H,62,63,64)/t33?,40?,41?,47-,56?/m1/s1. The maximum atomic E-state index is 14.1. The Labute approximate surface area is 417 Å². The van der Waals surface area contributed by atoms with Crippen LogP contribution in [0.1, 0.15) is 62.2 Å². The van der Waals surface area contributed by atoms with Gasteiger partial charge < -0.3 is 49.8 Å². The lowest BCUT2D eigenvalue weighted by Crippen LogP contribution is -2.45. The molecule has 21 heteroatoms. The predicted octanol–water partition coefficient (Wildman–Crippen LogP) is 6.68. The zero-order valence-electron chi connectivity index (χ0n) is 38.6. The van der Waals surface area contributed by atoms with E-state index in [1.54, 1.807) is 41.3 Å². The van der Waals surface area contributed by atoms with Gasteiger partial charge in [0.1, 0.15) is 25.5 Å². The fourth-order valence-corrected chi connectivity index (χ4v) is 12.7. The summed E-state index contributed by atoms with van der Waals surface area (Å²) in [6.07, 6.45) is 1.17. The smallest absolute Gasteiger partial charge is 0.362 e. The van der Waals surface area contributed by atoms with E-state index in [0.29, 0.717) is 97.5 Å². The number of carbonyl (C=O) groups is 4. The molecule has 5 aromatic carbocycles. The molecule has 5 aliphatic rings. The lowest BCUT2D eigenvalue weighted by atomic mass is 10.1. The molecule has 0 aromatic heterocycles. The first-order valence-corrected chi connectivity index (χ1v) is 26.9. The number of hydrogen-bond acceptors (Lipinski definition) is 15. The van der Waals surface area contributed by atoms with Gasteiger partial charge in [-0.3, -0.25) is 23.7 Å². The number of nitrogens with one attached hydrogen (secondary N) is 3. The number of para-hydroxylation sites is 2. The first kappa shape index (κ1) is 48.0. The molecular weight excluding hydrogens is 973 g/mol. The Hall–Kier alpha value is -6.65. The average Bonchev–Trinajstić information content (AvgIpc) is 3.73. The van der Waals surface area contributed by atoms with E-state index in [4.69, 9.17) is 23.5 Å². The molecule has 4 atom stereocenters. The van der Waals surface area contributed by atoms with E-state index < -0.39 is 34.5 Å². The Morgan fingerprint density at radius 2 is 1.35 bits per heavy atom. The van der Waals surface area contributed by atoms with Crippen LogP contribution in [-0.2, 0) is 45.9 Å². The Bertz CT molecular complexity index is 3070. The van der Waals surface area contributed by atoms with Crippen LogP contribution in [0.25, 0.3) is 0 Å². The Kier molecular flexibility index (Phi) is 13.4. The second kappa shape index (κ2) is 19.9. The number of aliphatic hydroxyl groups excluding tert-OH is 1. The number of hydrogen-bond donors (Lipinski definition) is 5. The van der Waals surface area contributed by atoms with Crippen LogP contribution < -0.4 is 44.7 Å². The van der Waals surface area contributed by atoms with Crippen molar-refractivity contribution in [2.24, 2.45) is 0 Å². The second-order valence-electron chi connectivity index (χ2n) is 17.6. The van der Waals surface area contributed by atoms with Crippen LogP contribution in [0, 0.1) is 0 Å². The van der Waals surface area contributed by atoms with E-state index in [-0.39, 0.29) is 49.8 Å². The molecule has 5 aromatic rings. The van der Waals surface area contributed by atoms with Crippen molar-refractivity contribution in [1.29, 1.82) is 0 Å². The number of amides is 4. The van der Waals surface area contributed by atoms with Crippen molar-refractivity contribution in [3.8, 4) is 23.0 Å². The van der Waals surface area contributed by atoms with Gasteiger partial charge in [0.2, 0.25) is 5.91 Å². The number of aliphatic hydroxyl groups is 1. The number of benzene rings is 5. The van der Waals surface area contributed by atoms with Crippen LogP contribution in [0.4, 0.5) is 28.4 Å². The SMILES string of the molecule is COc1cc2c(cc1OCc1cc(COc3cc4c(cc3OC)C(=O)N3c5ccccc5CC3[C@@H](O)N4)cc(NC(=O)CCCSSCCC3C(=O)N3S(=O)(=O)O)c1)NCC1Cc3ccccc3N1C2=O. The number of rotatable bonds is 18. The normalized spacial score (nSPS) is 19.4. The van der Waals surface area contributed by atoms with E-state index in [0.717, 1.165) is 28.9 Å². The summed E-state index contributed by atoms with van der Waals surface area (Å²) in [7, 11) is 1.43. The maximum Gasteiger partial charge on any atom is 0.362 e. The summed E-state index contributed by atoms with van der Waals surface area (Å²) >= 11 is 0. The molecule has 4 amide bonds. The number of fused-ring (bicyclic) bond motifs is 8. The maximum absolute atomic E-state index is 14.1. The van der Waals surface area contributed by atoms with E-state index in [1.807, 2.05) is 59.5 Å². The average molecular weight is 1020 g/mol. The van der Waals surface area contributed by atoms with Crippen LogP contribution in [0.15, 0.2) is 91.0 Å². The highest BCUT2D eigenvalue weighted by atomic mass is 33.1. The van der Waals surface area contributed by atoms with Gasteiger partial charge in [-0.2, -0.15) is 8.42 Å². The summed E-state index contributed by atoms with van der Waals surface area (Å²) in [6.45, 7) is 0.581. The molecule has 5 heterocycles. The Balaban J connectivity index is 0.848. The molecule has 0 aliphatic carbocycles. The molecule has 10 rings (SSSR count). The van der Waals surface area contributed by atoms with Crippen LogP contribution in [0.2, 0.25) is 0 Å². The van der Waals surface area contributed by atoms with Crippen molar-refractivity contribution >= 4 is 84.0 Å². The van der Waals surface area contributed by atoms with E-state index >= 15 is 0 Å². The summed E-state index contributed by atoms with van der Waals surface area (Å²) < 4.78 is 56.4. The van der Waals surface area contributed by atoms with Gasteiger partial charge in [0.05, 0.1) is 48.8 Å². The molecule has 0 saturated carbocycles. The van der Waals surface area contributed by atoms with Gasteiger partial charge >= 0.3 is 10.3 Å². The Morgan fingerprint density at radius 1 is 0.761 bits per heavy atom.